The lowest BCUT2D eigenvalue weighted by Crippen LogP contribution is -2.20. The lowest BCUT2D eigenvalue weighted by Gasteiger charge is -2.09. The Morgan fingerprint density at radius 2 is 2.11 bits per heavy atom. The third kappa shape index (κ3) is 5.48. The maximum Gasteiger partial charge on any atom is 0.262 e. The Labute approximate surface area is 124 Å². The van der Waals surface area contributed by atoms with Crippen molar-refractivity contribution in [2.45, 2.75) is 24.8 Å². The van der Waals surface area contributed by atoms with E-state index in [9.17, 15) is 13.2 Å². The number of rotatable bonds is 5. The zero-order valence-corrected chi connectivity index (χ0v) is 13.5. The maximum absolute atomic E-state index is 11.5. The molecule has 1 aromatic rings. The third-order valence-electron chi connectivity index (χ3n) is 2.03. The normalized spacial score (nSPS) is 11.6. The molecule has 0 aliphatic rings. The van der Waals surface area contributed by atoms with E-state index < -0.39 is 9.05 Å². The van der Waals surface area contributed by atoms with Crippen LogP contribution in [0.2, 0.25) is 0 Å². The summed E-state index contributed by atoms with van der Waals surface area (Å²) in [5.74, 6) is -0.318. The number of hydrogen-bond acceptors (Lipinski definition) is 4. The molecular formula is C11H13BrClNO4S. The molecule has 0 aromatic heterocycles. The average molecular weight is 371 g/mol. The molecule has 19 heavy (non-hydrogen) atoms. The van der Waals surface area contributed by atoms with E-state index in [2.05, 4.69) is 21.2 Å². The number of hydrogen-bond donors (Lipinski definition) is 1. The van der Waals surface area contributed by atoms with E-state index in [0.29, 0.717) is 5.69 Å². The number of carbonyl (C=O) groups is 1. The van der Waals surface area contributed by atoms with Crippen molar-refractivity contribution in [1.29, 1.82) is 0 Å². The number of halogens is 2. The van der Waals surface area contributed by atoms with Gasteiger partial charge in [-0.2, -0.15) is 0 Å². The van der Waals surface area contributed by atoms with Crippen molar-refractivity contribution in [2.75, 3.05) is 11.9 Å². The van der Waals surface area contributed by atoms with Gasteiger partial charge in [0.25, 0.3) is 9.05 Å². The lowest BCUT2D eigenvalue weighted by atomic mass is 10.3. The number of anilines is 1. The molecule has 0 spiro atoms. The van der Waals surface area contributed by atoms with Crippen LogP contribution in [0.4, 0.5) is 5.69 Å². The number of carbonyl (C=O) groups excluding carboxylic acids is 1. The summed E-state index contributed by atoms with van der Waals surface area (Å²) in [6, 6.07) is 4.22. The molecule has 106 valence electrons. The Morgan fingerprint density at radius 1 is 1.47 bits per heavy atom. The molecule has 0 bridgehead atoms. The van der Waals surface area contributed by atoms with E-state index >= 15 is 0 Å². The molecule has 0 saturated heterocycles. The molecule has 5 nitrogen and oxygen atoms in total. The summed E-state index contributed by atoms with van der Waals surface area (Å²) < 4.78 is 27.8. The fraction of sp³-hybridized carbons (Fsp3) is 0.364. The van der Waals surface area contributed by atoms with Crippen molar-refractivity contribution in [1.82, 2.24) is 0 Å². The topological polar surface area (TPSA) is 72.5 Å². The van der Waals surface area contributed by atoms with E-state index in [0.717, 1.165) is 0 Å². The highest BCUT2D eigenvalue weighted by Gasteiger charge is 2.15. The second-order valence-corrected chi connectivity index (χ2v) is 7.38. The van der Waals surface area contributed by atoms with Crippen LogP contribution in [0, 0.1) is 0 Å². The monoisotopic (exact) mass is 369 g/mol. The highest BCUT2D eigenvalue weighted by atomic mass is 79.9. The van der Waals surface area contributed by atoms with Gasteiger partial charge >= 0.3 is 0 Å². The molecule has 1 rings (SSSR count). The molecule has 0 unspecified atom stereocenters. The Hall–Kier alpha value is -0.630. The van der Waals surface area contributed by atoms with Crippen molar-refractivity contribution < 1.29 is 17.9 Å². The van der Waals surface area contributed by atoms with E-state index in [1.165, 1.54) is 18.2 Å². The Morgan fingerprint density at radius 3 is 2.58 bits per heavy atom. The van der Waals surface area contributed by atoms with E-state index in [1.807, 2.05) is 13.8 Å². The number of benzene rings is 1. The molecule has 0 heterocycles. The SMILES string of the molecule is CC(C)OCC(=O)Nc1ccc(S(=O)(=O)Cl)c(Br)c1. The molecular weight excluding hydrogens is 358 g/mol. The third-order valence-corrected chi connectivity index (χ3v) is 4.32. The fourth-order valence-corrected chi connectivity index (χ4v) is 3.44. The molecule has 0 aliphatic carbocycles. The average Bonchev–Trinajstić information content (AvgIpc) is 2.24. The Balaban J connectivity index is 2.77. The van der Waals surface area contributed by atoms with Gasteiger partial charge in [0.1, 0.15) is 6.61 Å². The summed E-state index contributed by atoms with van der Waals surface area (Å²) in [5.41, 5.74) is 0.452. The van der Waals surface area contributed by atoms with Crippen LogP contribution in [-0.2, 0) is 18.6 Å². The Kier molecular flexibility index (Phi) is 5.79. The second kappa shape index (κ2) is 6.69. The van der Waals surface area contributed by atoms with Crippen molar-refractivity contribution in [3.05, 3.63) is 22.7 Å². The summed E-state index contributed by atoms with van der Waals surface area (Å²) >= 11 is 3.09. The van der Waals surface area contributed by atoms with Crippen molar-refractivity contribution in [3.63, 3.8) is 0 Å². The summed E-state index contributed by atoms with van der Waals surface area (Å²) in [5, 5.41) is 2.58. The Bertz CT molecular complexity index is 574. The summed E-state index contributed by atoms with van der Waals surface area (Å²) in [6.45, 7) is 3.58. The summed E-state index contributed by atoms with van der Waals surface area (Å²) in [4.78, 5) is 11.5. The maximum atomic E-state index is 11.5. The molecule has 1 N–H and O–H groups in total. The molecule has 0 saturated carbocycles. The largest absolute Gasteiger partial charge is 0.369 e. The predicted molar refractivity (Wildman–Crippen MR) is 76.9 cm³/mol. The van der Waals surface area contributed by atoms with Gasteiger partial charge in [-0.25, -0.2) is 8.42 Å². The standard InChI is InChI=1S/C11H13BrClNO4S/c1-7(2)18-6-11(15)14-8-3-4-10(9(12)5-8)19(13,16)17/h3-5,7H,6H2,1-2H3,(H,14,15). The minimum absolute atomic E-state index is 0.0405. The number of ether oxygens (including phenoxy) is 1. The molecule has 0 atom stereocenters. The van der Waals surface area contributed by atoms with Gasteiger partial charge in [-0.05, 0) is 48.0 Å². The molecule has 1 aromatic carbocycles. The quantitative estimate of drug-likeness (QED) is 0.809. The van der Waals surface area contributed by atoms with Gasteiger partial charge < -0.3 is 10.1 Å². The van der Waals surface area contributed by atoms with E-state index in [-0.39, 0.29) is 28.0 Å². The predicted octanol–water partition coefficient (Wildman–Crippen LogP) is 2.74. The van der Waals surface area contributed by atoms with Gasteiger partial charge in [0, 0.05) is 20.8 Å². The van der Waals surface area contributed by atoms with Crippen LogP contribution in [0.1, 0.15) is 13.8 Å². The minimum atomic E-state index is -3.81. The molecule has 0 aliphatic heterocycles. The summed E-state index contributed by atoms with van der Waals surface area (Å²) in [6.07, 6.45) is -0.0405. The highest BCUT2D eigenvalue weighted by molar-refractivity contribution is 9.10. The van der Waals surface area contributed by atoms with Crippen molar-refractivity contribution >= 4 is 47.3 Å². The van der Waals surface area contributed by atoms with Gasteiger partial charge in [-0.15, -0.1) is 0 Å². The molecule has 8 heteroatoms. The van der Waals surface area contributed by atoms with Crippen LogP contribution in [0.15, 0.2) is 27.6 Å². The molecule has 0 radical (unpaired) electrons. The van der Waals surface area contributed by atoms with Gasteiger partial charge in [-0.3, -0.25) is 4.79 Å². The second-order valence-electron chi connectivity index (χ2n) is 3.99. The number of nitrogens with one attached hydrogen (secondary N) is 1. The lowest BCUT2D eigenvalue weighted by molar-refractivity contribution is -0.121. The van der Waals surface area contributed by atoms with Gasteiger partial charge in [-0.1, -0.05) is 0 Å². The van der Waals surface area contributed by atoms with Crippen LogP contribution >= 0.6 is 26.6 Å². The van der Waals surface area contributed by atoms with Crippen LogP contribution < -0.4 is 5.32 Å². The first-order valence-corrected chi connectivity index (χ1v) is 8.46. The summed E-state index contributed by atoms with van der Waals surface area (Å²) in [7, 11) is 1.43. The van der Waals surface area contributed by atoms with Gasteiger partial charge in [0.05, 0.1) is 11.0 Å². The van der Waals surface area contributed by atoms with Crippen molar-refractivity contribution in [2.24, 2.45) is 0 Å². The first kappa shape index (κ1) is 16.4. The fourth-order valence-electron chi connectivity index (χ4n) is 1.22. The van der Waals surface area contributed by atoms with Gasteiger partial charge in [0.2, 0.25) is 5.91 Å². The van der Waals surface area contributed by atoms with Crippen LogP contribution in [-0.4, -0.2) is 27.0 Å². The first-order valence-electron chi connectivity index (χ1n) is 5.36. The molecule has 0 fully saturated rings. The minimum Gasteiger partial charge on any atom is -0.369 e. The van der Waals surface area contributed by atoms with Crippen LogP contribution in [0.5, 0.6) is 0 Å². The molecule has 1 amide bonds. The van der Waals surface area contributed by atoms with E-state index in [1.54, 1.807) is 0 Å². The first-order chi connectivity index (χ1) is 8.70. The smallest absolute Gasteiger partial charge is 0.262 e. The van der Waals surface area contributed by atoms with Crippen LogP contribution in [0.3, 0.4) is 0 Å². The van der Waals surface area contributed by atoms with Gasteiger partial charge in [0.15, 0.2) is 0 Å². The number of amides is 1. The van der Waals surface area contributed by atoms with E-state index in [4.69, 9.17) is 15.4 Å². The zero-order valence-electron chi connectivity index (χ0n) is 10.3. The van der Waals surface area contributed by atoms with Crippen molar-refractivity contribution in [3.8, 4) is 0 Å². The zero-order chi connectivity index (χ0) is 14.6. The van der Waals surface area contributed by atoms with Crippen LogP contribution in [0.25, 0.3) is 0 Å². The highest BCUT2D eigenvalue weighted by Crippen LogP contribution is 2.27.